The number of benzene rings is 3. The molecule has 0 saturated carbocycles. The Balaban J connectivity index is 1.84. The number of nitrogens with two attached hydrogens (primary N) is 2. The largest absolute Gasteiger partial charge is 0.322 e. The summed E-state index contributed by atoms with van der Waals surface area (Å²) in [6.07, 6.45) is 0. The number of rotatable bonds is 3. The molecule has 0 aliphatic heterocycles. The molecule has 1 amide bonds. The van der Waals surface area contributed by atoms with E-state index in [9.17, 15) is 4.79 Å². The Morgan fingerprint density at radius 2 is 1.67 bits per heavy atom. The summed E-state index contributed by atoms with van der Waals surface area (Å²) >= 11 is 0. The van der Waals surface area contributed by atoms with Crippen LogP contribution in [0.15, 0.2) is 71.8 Å². The van der Waals surface area contributed by atoms with Crippen LogP contribution in [0.2, 0.25) is 0 Å². The molecule has 0 heterocycles. The highest BCUT2D eigenvalue weighted by Gasteiger charge is 2.08. The minimum atomic E-state index is -0.190. The predicted octanol–water partition coefficient (Wildman–Crippen LogP) is 2.18. The van der Waals surface area contributed by atoms with Crippen molar-refractivity contribution in [3.8, 4) is 0 Å². The number of anilines is 1. The Morgan fingerprint density at radius 1 is 0.875 bits per heavy atom. The summed E-state index contributed by atoms with van der Waals surface area (Å²) in [7, 11) is 0. The molecule has 120 valence electrons. The lowest BCUT2D eigenvalue weighted by Crippen LogP contribution is -2.32. The number of hydrazine groups is 1. The predicted molar refractivity (Wildman–Crippen MR) is 96.4 cm³/mol. The molecule has 0 aromatic heterocycles. The van der Waals surface area contributed by atoms with Crippen LogP contribution in [0.3, 0.4) is 0 Å². The second-order valence-electron chi connectivity index (χ2n) is 5.22. The third kappa shape index (κ3) is 3.18. The molecule has 0 radical (unpaired) electrons. The lowest BCUT2D eigenvalue weighted by molar-refractivity contribution is 0.102. The van der Waals surface area contributed by atoms with Crippen molar-refractivity contribution < 1.29 is 4.79 Å². The first-order valence-electron chi connectivity index (χ1n) is 7.36. The van der Waals surface area contributed by atoms with E-state index >= 15 is 0 Å². The van der Waals surface area contributed by atoms with Gasteiger partial charge in [-0.15, -0.1) is 0 Å². The molecule has 0 unspecified atom stereocenters. The summed E-state index contributed by atoms with van der Waals surface area (Å²) < 4.78 is 0. The Hall–Kier alpha value is -3.38. The number of amides is 1. The number of nitrogens with one attached hydrogen (secondary N) is 2. The number of hydrogen-bond acceptors (Lipinski definition) is 4. The van der Waals surface area contributed by atoms with Gasteiger partial charge in [0.1, 0.15) is 0 Å². The second kappa shape index (κ2) is 6.80. The molecule has 3 aromatic carbocycles. The standard InChI is InChI=1S/C18H17N5O/c19-22-17(23-20)14-6-3-7-16(11-14)21-18(24)15-9-8-12-4-1-2-5-13(12)10-15/h1-11H,19-20H2,(H,21,24)(H,22,23). The van der Waals surface area contributed by atoms with E-state index in [1.165, 1.54) is 0 Å². The highest BCUT2D eigenvalue weighted by molar-refractivity contribution is 6.07. The topological polar surface area (TPSA) is 106 Å². The normalized spacial score (nSPS) is 11.3. The van der Waals surface area contributed by atoms with Gasteiger partial charge in [-0.3, -0.25) is 4.79 Å². The van der Waals surface area contributed by atoms with Crippen molar-refractivity contribution in [1.29, 1.82) is 0 Å². The van der Waals surface area contributed by atoms with Gasteiger partial charge in [0, 0.05) is 16.8 Å². The number of carbonyl (C=O) groups is 1. The summed E-state index contributed by atoms with van der Waals surface area (Å²) in [4.78, 5) is 12.5. The number of fused-ring (bicyclic) bond motifs is 1. The first-order valence-corrected chi connectivity index (χ1v) is 7.36. The lowest BCUT2D eigenvalue weighted by atomic mass is 10.1. The van der Waals surface area contributed by atoms with Crippen LogP contribution in [0, 0.1) is 0 Å². The van der Waals surface area contributed by atoms with Crippen molar-refractivity contribution in [1.82, 2.24) is 5.43 Å². The zero-order valence-corrected chi connectivity index (χ0v) is 12.9. The molecule has 3 rings (SSSR count). The first-order chi connectivity index (χ1) is 11.7. The first kappa shape index (κ1) is 15.5. The fourth-order valence-corrected chi connectivity index (χ4v) is 2.47. The van der Waals surface area contributed by atoms with Gasteiger partial charge in [0.05, 0.1) is 0 Å². The van der Waals surface area contributed by atoms with E-state index in [2.05, 4.69) is 15.8 Å². The van der Waals surface area contributed by atoms with Crippen LogP contribution in [0.25, 0.3) is 10.8 Å². The highest BCUT2D eigenvalue weighted by atomic mass is 16.1. The van der Waals surface area contributed by atoms with E-state index in [1.54, 1.807) is 30.3 Å². The van der Waals surface area contributed by atoms with Crippen LogP contribution in [-0.2, 0) is 0 Å². The fraction of sp³-hybridized carbons (Fsp3) is 0. The maximum Gasteiger partial charge on any atom is 0.255 e. The van der Waals surface area contributed by atoms with Crippen LogP contribution < -0.4 is 22.4 Å². The van der Waals surface area contributed by atoms with Crippen molar-refractivity contribution >= 4 is 28.2 Å². The summed E-state index contributed by atoms with van der Waals surface area (Å²) in [5.74, 6) is 10.8. The second-order valence-corrected chi connectivity index (χ2v) is 5.22. The minimum absolute atomic E-state index is 0.190. The van der Waals surface area contributed by atoms with Gasteiger partial charge in [-0.2, -0.15) is 5.10 Å². The Bertz CT molecular complexity index is 920. The van der Waals surface area contributed by atoms with Gasteiger partial charge in [-0.05, 0) is 35.0 Å². The monoisotopic (exact) mass is 319 g/mol. The molecular weight excluding hydrogens is 302 g/mol. The molecule has 24 heavy (non-hydrogen) atoms. The van der Waals surface area contributed by atoms with Crippen LogP contribution in [0.1, 0.15) is 15.9 Å². The number of hydrazone groups is 1. The van der Waals surface area contributed by atoms with Gasteiger partial charge >= 0.3 is 0 Å². The smallest absolute Gasteiger partial charge is 0.255 e. The summed E-state index contributed by atoms with van der Waals surface area (Å²) in [6, 6.07) is 20.6. The zero-order valence-electron chi connectivity index (χ0n) is 12.9. The van der Waals surface area contributed by atoms with E-state index in [1.807, 2.05) is 36.4 Å². The molecule has 6 nitrogen and oxygen atoms in total. The van der Waals surface area contributed by atoms with Crippen molar-refractivity contribution in [2.75, 3.05) is 5.32 Å². The molecular formula is C18H17N5O. The molecule has 0 saturated heterocycles. The van der Waals surface area contributed by atoms with Gasteiger partial charge < -0.3 is 16.6 Å². The maximum atomic E-state index is 12.5. The molecule has 0 spiro atoms. The number of amidine groups is 1. The van der Waals surface area contributed by atoms with Crippen molar-refractivity contribution in [2.45, 2.75) is 0 Å². The van der Waals surface area contributed by atoms with Gasteiger partial charge in [0.2, 0.25) is 0 Å². The fourth-order valence-electron chi connectivity index (χ4n) is 2.47. The van der Waals surface area contributed by atoms with E-state index in [-0.39, 0.29) is 5.91 Å². The third-order valence-electron chi connectivity index (χ3n) is 3.67. The van der Waals surface area contributed by atoms with Crippen LogP contribution >= 0.6 is 0 Å². The molecule has 3 aromatic rings. The maximum absolute atomic E-state index is 12.5. The van der Waals surface area contributed by atoms with Crippen molar-refractivity contribution in [3.05, 3.63) is 77.9 Å². The van der Waals surface area contributed by atoms with E-state index in [0.29, 0.717) is 22.6 Å². The number of hydrogen-bond donors (Lipinski definition) is 4. The lowest BCUT2D eigenvalue weighted by Gasteiger charge is -2.09. The molecule has 0 aliphatic rings. The van der Waals surface area contributed by atoms with Crippen LogP contribution in [-0.4, -0.2) is 11.7 Å². The molecule has 0 bridgehead atoms. The van der Waals surface area contributed by atoms with Gasteiger partial charge in [0.25, 0.3) is 5.91 Å². The summed E-state index contributed by atoms with van der Waals surface area (Å²) in [6.45, 7) is 0. The van der Waals surface area contributed by atoms with Crippen LogP contribution in [0.4, 0.5) is 5.69 Å². The molecule has 0 aliphatic carbocycles. The Kier molecular flexibility index (Phi) is 4.40. The minimum Gasteiger partial charge on any atom is -0.322 e. The van der Waals surface area contributed by atoms with Crippen molar-refractivity contribution in [3.63, 3.8) is 0 Å². The van der Waals surface area contributed by atoms with Gasteiger partial charge in [0.15, 0.2) is 5.84 Å². The van der Waals surface area contributed by atoms with Crippen LogP contribution in [0.5, 0.6) is 0 Å². The highest BCUT2D eigenvalue weighted by Crippen LogP contribution is 2.17. The SMILES string of the molecule is N/N=C(\NN)c1cccc(NC(=O)c2ccc3ccccc3c2)c1. The van der Waals surface area contributed by atoms with E-state index < -0.39 is 0 Å². The summed E-state index contributed by atoms with van der Waals surface area (Å²) in [5.41, 5.74) is 4.30. The average molecular weight is 319 g/mol. The number of carbonyl (C=O) groups excluding carboxylic acids is 1. The number of nitrogens with zero attached hydrogens (tertiary/aromatic N) is 1. The Labute approximate surface area is 139 Å². The summed E-state index contributed by atoms with van der Waals surface area (Å²) in [5, 5.41) is 8.53. The zero-order chi connectivity index (χ0) is 16.9. The van der Waals surface area contributed by atoms with Gasteiger partial charge in [-0.25, -0.2) is 5.84 Å². The quantitative estimate of drug-likeness (QED) is 0.257. The Morgan fingerprint density at radius 3 is 2.42 bits per heavy atom. The van der Waals surface area contributed by atoms with E-state index in [0.717, 1.165) is 10.8 Å². The molecule has 6 N–H and O–H groups in total. The van der Waals surface area contributed by atoms with Gasteiger partial charge in [-0.1, -0.05) is 42.5 Å². The molecule has 0 atom stereocenters. The average Bonchev–Trinajstić information content (AvgIpc) is 2.62. The molecule has 0 fully saturated rings. The third-order valence-corrected chi connectivity index (χ3v) is 3.67. The van der Waals surface area contributed by atoms with E-state index in [4.69, 9.17) is 11.7 Å². The van der Waals surface area contributed by atoms with Crippen molar-refractivity contribution in [2.24, 2.45) is 16.8 Å². The molecule has 6 heteroatoms.